The van der Waals surface area contributed by atoms with Crippen LogP contribution in [-0.2, 0) is 6.42 Å². The molecule has 2 N–H and O–H groups in total. The molecule has 1 heterocycles. The minimum Gasteiger partial charge on any atom is -0.327 e. The summed E-state index contributed by atoms with van der Waals surface area (Å²) >= 11 is 0. The summed E-state index contributed by atoms with van der Waals surface area (Å²) < 4.78 is 0. The number of aromatic nitrogens is 1. The van der Waals surface area contributed by atoms with Crippen LogP contribution in [0.15, 0.2) is 24.5 Å². The van der Waals surface area contributed by atoms with Gasteiger partial charge < -0.3 is 5.73 Å². The summed E-state index contributed by atoms with van der Waals surface area (Å²) in [6.45, 7) is 2.24. The third-order valence-electron chi connectivity index (χ3n) is 2.90. The third-order valence-corrected chi connectivity index (χ3v) is 2.90. The highest BCUT2D eigenvalue weighted by Gasteiger charge is 2.03. The van der Waals surface area contributed by atoms with E-state index in [1.54, 1.807) is 6.20 Å². The van der Waals surface area contributed by atoms with Crippen LogP contribution >= 0.6 is 0 Å². The summed E-state index contributed by atoms with van der Waals surface area (Å²) in [5.41, 5.74) is 7.35. The van der Waals surface area contributed by atoms with Crippen molar-refractivity contribution in [1.82, 2.24) is 4.98 Å². The van der Waals surface area contributed by atoms with E-state index >= 15 is 0 Å². The molecule has 0 saturated carbocycles. The van der Waals surface area contributed by atoms with E-state index in [4.69, 9.17) is 5.73 Å². The van der Waals surface area contributed by atoms with Crippen molar-refractivity contribution in [2.75, 3.05) is 0 Å². The summed E-state index contributed by atoms with van der Waals surface area (Å²) in [7, 11) is 0. The Kier molecular flexibility index (Phi) is 6.82. The molecule has 0 saturated heterocycles. The van der Waals surface area contributed by atoms with Gasteiger partial charge in [-0.3, -0.25) is 4.98 Å². The highest BCUT2D eigenvalue weighted by molar-refractivity contribution is 5.09. The van der Waals surface area contributed by atoms with E-state index in [0.29, 0.717) is 6.04 Å². The van der Waals surface area contributed by atoms with Crippen molar-refractivity contribution in [2.24, 2.45) is 5.73 Å². The fraction of sp³-hybridized carbons (Fsp3) is 0.643. The molecule has 0 spiro atoms. The van der Waals surface area contributed by atoms with Crippen LogP contribution < -0.4 is 5.73 Å². The molecule has 0 aliphatic rings. The number of hydrogen-bond acceptors (Lipinski definition) is 2. The molecule has 0 aliphatic heterocycles. The molecule has 2 nitrogen and oxygen atoms in total. The van der Waals surface area contributed by atoms with Gasteiger partial charge in [-0.05, 0) is 24.5 Å². The maximum atomic E-state index is 6.09. The van der Waals surface area contributed by atoms with E-state index in [-0.39, 0.29) is 0 Å². The molecule has 1 aromatic heterocycles. The number of nitrogens with two attached hydrogens (primary N) is 1. The molecule has 0 aliphatic carbocycles. The van der Waals surface area contributed by atoms with Gasteiger partial charge >= 0.3 is 0 Å². The summed E-state index contributed by atoms with van der Waals surface area (Å²) in [4.78, 5) is 4.10. The van der Waals surface area contributed by atoms with Gasteiger partial charge in [-0.25, -0.2) is 0 Å². The van der Waals surface area contributed by atoms with Gasteiger partial charge in [0.25, 0.3) is 0 Å². The van der Waals surface area contributed by atoms with Crippen LogP contribution in [0.4, 0.5) is 0 Å². The minimum atomic E-state index is 0.297. The molecule has 1 aromatic rings. The molecule has 1 rings (SSSR count). The van der Waals surface area contributed by atoms with E-state index in [9.17, 15) is 0 Å². The quantitative estimate of drug-likeness (QED) is 0.683. The van der Waals surface area contributed by atoms with Gasteiger partial charge in [-0.1, -0.05) is 45.1 Å². The van der Waals surface area contributed by atoms with Gasteiger partial charge in [-0.15, -0.1) is 0 Å². The molecule has 90 valence electrons. The van der Waals surface area contributed by atoms with Gasteiger partial charge in [-0.2, -0.15) is 0 Å². The summed E-state index contributed by atoms with van der Waals surface area (Å²) in [5.74, 6) is 0. The summed E-state index contributed by atoms with van der Waals surface area (Å²) in [6, 6.07) is 4.37. The van der Waals surface area contributed by atoms with E-state index in [1.807, 2.05) is 12.3 Å². The van der Waals surface area contributed by atoms with Crippen molar-refractivity contribution in [3.63, 3.8) is 0 Å². The Morgan fingerprint density at radius 1 is 1.25 bits per heavy atom. The first-order chi connectivity index (χ1) is 7.83. The fourth-order valence-electron chi connectivity index (χ4n) is 1.93. The highest BCUT2D eigenvalue weighted by atomic mass is 14.6. The minimum absolute atomic E-state index is 0.297. The zero-order chi connectivity index (χ0) is 11.6. The Labute approximate surface area is 99.3 Å². The summed E-state index contributed by atoms with van der Waals surface area (Å²) in [5, 5.41) is 0. The van der Waals surface area contributed by atoms with Crippen LogP contribution in [0.3, 0.4) is 0 Å². The van der Waals surface area contributed by atoms with Crippen molar-refractivity contribution >= 4 is 0 Å². The normalized spacial score (nSPS) is 12.6. The second-order valence-corrected chi connectivity index (χ2v) is 4.53. The lowest BCUT2D eigenvalue weighted by atomic mass is 10.0. The lowest BCUT2D eigenvalue weighted by molar-refractivity contribution is 0.538. The monoisotopic (exact) mass is 220 g/mol. The average molecular weight is 220 g/mol. The summed E-state index contributed by atoms with van der Waals surface area (Å²) in [6.07, 6.45) is 12.4. The van der Waals surface area contributed by atoms with Crippen molar-refractivity contribution in [1.29, 1.82) is 0 Å². The van der Waals surface area contributed by atoms with E-state index < -0.39 is 0 Å². The Bertz CT molecular complexity index is 259. The maximum Gasteiger partial charge on any atom is 0.0300 e. The topological polar surface area (TPSA) is 38.9 Å². The number of unbranched alkanes of at least 4 members (excludes halogenated alkanes) is 4. The molecule has 0 aromatic carbocycles. The molecule has 1 atom stereocenters. The van der Waals surface area contributed by atoms with Crippen LogP contribution in [0.2, 0.25) is 0 Å². The molecule has 16 heavy (non-hydrogen) atoms. The van der Waals surface area contributed by atoms with Crippen molar-refractivity contribution in [3.8, 4) is 0 Å². The largest absolute Gasteiger partial charge is 0.327 e. The SMILES string of the molecule is CCCCCCCC(N)Cc1cccnc1. The maximum absolute atomic E-state index is 6.09. The lowest BCUT2D eigenvalue weighted by Gasteiger charge is -2.10. The molecule has 1 unspecified atom stereocenters. The molecule has 0 fully saturated rings. The standard InChI is InChI=1S/C14H24N2/c1-2-3-4-5-6-9-14(15)11-13-8-7-10-16-12-13/h7-8,10,12,14H,2-6,9,11,15H2,1H3. The predicted octanol–water partition coefficient (Wildman–Crippen LogP) is 3.31. The number of rotatable bonds is 8. The first-order valence-corrected chi connectivity index (χ1v) is 6.47. The van der Waals surface area contributed by atoms with Crippen molar-refractivity contribution < 1.29 is 0 Å². The smallest absolute Gasteiger partial charge is 0.0300 e. The van der Waals surface area contributed by atoms with Crippen molar-refractivity contribution in [3.05, 3.63) is 30.1 Å². The molecular weight excluding hydrogens is 196 g/mol. The molecular formula is C14H24N2. The van der Waals surface area contributed by atoms with Crippen LogP contribution in [0, 0.1) is 0 Å². The van der Waals surface area contributed by atoms with Crippen molar-refractivity contribution in [2.45, 2.75) is 57.9 Å². The zero-order valence-corrected chi connectivity index (χ0v) is 10.4. The van der Waals surface area contributed by atoms with Crippen LogP contribution in [0.1, 0.15) is 51.0 Å². The second kappa shape index (κ2) is 8.28. The third kappa shape index (κ3) is 5.86. The highest BCUT2D eigenvalue weighted by Crippen LogP contribution is 2.09. The first-order valence-electron chi connectivity index (χ1n) is 6.47. The van der Waals surface area contributed by atoms with E-state index in [1.165, 1.54) is 37.7 Å². The van der Waals surface area contributed by atoms with Gasteiger partial charge in [0.1, 0.15) is 0 Å². The van der Waals surface area contributed by atoms with Crippen LogP contribution in [-0.4, -0.2) is 11.0 Å². The van der Waals surface area contributed by atoms with Crippen LogP contribution in [0.25, 0.3) is 0 Å². The van der Waals surface area contributed by atoms with Gasteiger partial charge in [0.2, 0.25) is 0 Å². The fourth-order valence-corrected chi connectivity index (χ4v) is 1.93. The molecule has 0 radical (unpaired) electrons. The second-order valence-electron chi connectivity index (χ2n) is 4.53. The zero-order valence-electron chi connectivity index (χ0n) is 10.4. The molecule has 2 heteroatoms. The molecule has 0 bridgehead atoms. The van der Waals surface area contributed by atoms with Gasteiger partial charge in [0, 0.05) is 18.4 Å². The Hall–Kier alpha value is -0.890. The van der Waals surface area contributed by atoms with E-state index in [2.05, 4.69) is 18.0 Å². The number of hydrogen-bond donors (Lipinski definition) is 1. The first kappa shape index (κ1) is 13.2. The number of nitrogens with zero attached hydrogens (tertiary/aromatic N) is 1. The number of pyridine rings is 1. The Morgan fingerprint density at radius 2 is 2.06 bits per heavy atom. The molecule has 0 amide bonds. The Balaban J connectivity index is 2.09. The average Bonchev–Trinajstić information content (AvgIpc) is 2.30. The van der Waals surface area contributed by atoms with Gasteiger partial charge in [0.05, 0.1) is 0 Å². The van der Waals surface area contributed by atoms with Gasteiger partial charge in [0.15, 0.2) is 0 Å². The predicted molar refractivity (Wildman–Crippen MR) is 69.3 cm³/mol. The van der Waals surface area contributed by atoms with E-state index in [0.717, 1.165) is 12.8 Å². The van der Waals surface area contributed by atoms with Crippen LogP contribution in [0.5, 0.6) is 0 Å². The lowest BCUT2D eigenvalue weighted by Crippen LogP contribution is -2.22. The Morgan fingerprint density at radius 3 is 2.75 bits per heavy atom.